The van der Waals surface area contributed by atoms with E-state index >= 15 is 0 Å². The first-order valence-electron chi connectivity index (χ1n) is 2.47. The van der Waals surface area contributed by atoms with Crippen molar-refractivity contribution in [2.45, 2.75) is 13.3 Å². The molecular formula is C5H12OSr. The van der Waals surface area contributed by atoms with E-state index in [2.05, 4.69) is 6.92 Å². The van der Waals surface area contributed by atoms with Gasteiger partial charge < -0.3 is 7.59 Å². The van der Waals surface area contributed by atoms with Crippen LogP contribution in [0.25, 0.3) is 0 Å². The van der Waals surface area contributed by atoms with Crippen molar-refractivity contribution >= 4 is 45.5 Å². The maximum absolute atomic E-state index is 5.06. The Kier molecular flexibility index (Phi) is 5.22. The summed E-state index contributed by atoms with van der Waals surface area (Å²) in [6, 6.07) is 0. The van der Waals surface area contributed by atoms with Crippen molar-refractivity contribution in [2.75, 3.05) is 13.2 Å². The molecule has 0 bridgehead atoms. The van der Waals surface area contributed by atoms with Crippen molar-refractivity contribution in [3.63, 3.8) is 0 Å². The van der Waals surface area contributed by atoms with E-state index in [9.17, 15) is 0 Å². The van der Waals surface area contributed by atoms with E-state index in [1.54, 1.807) is 0 Å². The van der Waals surface area contributed by atoms with Crippen molar-refractivity contribution < 1.29 is 7.59 Å². The second kappa shape index (κ2) is 4.33. The van der Waals surface area contributed by atoms with E-state index in [1.165, 1.54) is 6.42 Å². The number of hydrogen-bond acceptors (Lipinski definition) is 1. The largest absolute Gasteiger partial charge is 2.00 e. The molecule has 0 aromatic heterocycles. The molecule has 0 aromatic carbocycles. The predicted octanol–water partition coefficient (Wildman–Crippen LogP) is 0.887. The molecule has 1 saturated heterocycles. The second-order valence-electron chi connectivity index (χ2n) is 1.97. The molecule has 1 rings (SSSR count). The van der Waals surface area contributed by atoms with Crippen LogP contribution >= 0.6 is 0 Å². The maximum atomic E-state index is 5.06. The van der Waals surface area contributed by atoms with Gasteiger partial charge in [-0.3, -0.25) is 0 Å². The number of rotatable bonds is 0. The monoisotopic (exact) mass is 176 g/mol. The molecule has 1 heterocycles. The summed E-state index contributed by atoms with van der Waals surface area (Å²) in [6.45, 7) is 4.19. The van der Waals surface area contributed by atoms with Gasteiger partial charge in [-0.05, 0) is 12.3 Å². The standard InChI is InChI=1S/C5H10O.Sr.2H/c1-5-2-3-6-4-5;;;/h5H,2-4H2,1H3;;;/q;+2;2*-1. The summed E-state index contributed by atoms with van der Waals surface area (Å²) >= 11 is 0. The van der Waals surface area contributed by atoms with Gasteiger partial charge in [0.15, 0.2) is 0 Å². The zero-order valence-electron chi connectivity index (χ0n) is 6.81. The molecular weight excluding hydrogens is 164 g/mol. The summed E-state index contributed by atoms with van der Waals surface area (Å²) in [6.07, 6.45) is 1.26. The first-order valence-corrected chi connectivity index (χ1v) is 2.47. The second-order valence-corrected chi connectivity index (χ2v) is 1.97. The molecule has 1 unspecified atom stereocenters. The minimum atomic E-state index is 0. The third-order valence-corrected chi connectivity index (χ3v) is 1.16. The van der Waals surface area contributed by atoms with Crippen molar-refractivity contribution in [1.29, 1.82) is 0 Å². The molecule has 1 nitrogen and oxygen atoms in total. The van der Waals surface area contributed by atoms with Crippen molar-refractivity contribution in [3.05, 3.63) is 0 Å². The van der Waals surface area contributed by atoms with E-state index in [-0.39, 0.29) is 48.3 Å². The summed E-state index contributed by atoms with van der Waals surface area (Å²) in [7, 11) is 0. The fourth-order valence-electron chi connectivity index (χ4n) is 0.652. The van der Waals surface area contributed by atoms with E-state index in [0.29, 0.717) is 0 Å². The van der Waals surface area contributed by atoms with Crippen LogP contribution < -0.4 is 0 Å². The Morgan fingerprint density at radius 2 is 2.43 bits per heavy atom. The van der Waals surface area contributed by atoms with Gasteiger partial charge >= 0.3 is 45.5 Å². The van der Waals surface area contributed by atoms with Gasteiger partial charge in [0.2, 0.25) is 0 Å². The molecule has 1 atom stereocenters. The van der Waals surface area contributed by atoms with Crippen LogP contribution in [0.1, 0.15) is 16.2 Å². The smallest absolute Gasteiger partial charge is 1.00 e. The Hall–Kier alpha value is 1.44. The zero-order chi connectivity index (χ0) is 4.41. The summed E-state index contributed by atoms with van der Waals surface area (Å²) in [5.41, 5.74) is 0. The molecule has 0 aliphatic carbocycles. The van der Waals surface area contributed by atoms with Crippen molar-refractivity contribution in [3.8, 4) is 0 Å². The van der Waals surface area contributed by atoms with Crippen LogP contribution in [-0.2, 0) is 4.74 Å². The molecule has 1 fully saturated rings. The van der Waals surface area contributed by atoms with Gasteiger partial charge in [-0.15, -0.1) is 0 Å². The van der Waals surface area contributed by atoms with Gasteiger partial charge in [-0.1, -0.05) is 6.92 Å². The van der Waals surface area contributed by atoms with Crippen LogP contribution in [0.15, 0.2) is 0 Å². The zero-order valence-corrected chi connectivity index (χ0v) is 8.29. The van der Waals surface area contributed by atoms with Gasteiger partial charge in [-0.2, -0.15) is 0 Å². The van der Waals surface area contributed by atoms with Crippen LogP contribution in [0.4, 0.5) is 0 Å². The van der Waals surface area contributed by atoms with Crippen LogP contribution in [0.5, 0.6) is 0 Å². The molecule has 2 heteroatoms. The van der Waals surface area contributed by atoms with Gasteiger partial charge in [0.05, 0.1) is 0 Å². The molecule has 0 spiro atoms. The number of hydrogen-bond donors (Lipinski definition) is 0. The molecule has 0 amide bonds. The van der Waals surface area contributed by atoms with Gasteiger partial charge in [0.25, 0.3) is 0 Å². The van der Waals surface area contributed by atoms with Crippen molar-refractivity contribution in [1.82, 2.24) is 0 Å². The molecule has 0 aromatic rings. The third kappa shape index (κ3) is 3.09. The van der Waals surface area contributed by atoms with Crippen LogP contribution in [0, 0.1) is 5.92 Å². The molecule has 0 saturated carbocycles. The molecule has 1 aliphatic rings. The van der Waals surface area contributed by atoms with Crippen LogP contribution in [-0.4, -0.2) is 58.7 Å². The molecule has 40 valence electrons. The average molecular weight is 176 g/mol. The predicted molar refractivity (Wildman–Crippen MR) is 32.6 cm³/mol. The van der Waals surface area contributed by atoms with Crippen LogP contribution in [0.3, 0.4) is 0 Å². The normalized spacial score (nSPS) is 29.6. The van der Waals surface area contributed by atoms with E-state index in [4.69, 9.17) is 4.74 Å². The Balaban J connectivity index is -0.000000120. The van der Waals surface area contributed by atoms with E-state index < -0.39 is 0 Å². The Morgan fingerprint density at radius 3 is 2.57 bits per heavy atom. The van der Waals surface area contributed by atoms with Crippen LogP contribution in [0.2, 0.25) is 0 Å². The average Bonchev–Trinajstić information content (AvgIpc) is 1.86. The SMILES string of the molecule is CC1CCOC1.[H-].[H-].[Sr+2]. The Morgan fingerprint density at radius 1 is 1.71 bits per heavy atom. The van der Waals surface area contributed by atoms with E-state index in [1.807, 2.05) is 0 Å². The minimum Gasteiger partial charge on any atom is -1.00 e. The quantitative estimate of drug-likeness (QED) is 0.497. The molecule has 7 heavy (non-hydrogen) atoms. The topological polar surface area (TPSA) is 9.23 Å². The Labute approximate surface area is 84.7 Å². The summed E-state index contributed by atoms with van der Waals surface area (Å²) in [5.74, 6) is 0.824. The number of ether oxygens (including phenoxy) is 1. The van der Waals surface area contributed by atoms with Gasteiger partial charge in [0, 0.05) is 13.2 Å². The summed E-state index contributed by atoms with van der Waals surface area (Å²) < 4.78 is 5.06. The third-order valence-electron chi connectivity index (χ3n) is 1.16. The fraction of sp³-hybridized carbons (Fsp3) is 1.00. The maximum Gasteiger partial charge on any atom is 2.00 e. The first-order chi connectivity index (χ1) is 2.89. The van der Waals surface area contributed by atoms with E-state index in [0.717, 1.165) is 19.1 Å². The first kappa shape index (κ1) is 8.44. The van der Waals surface area contributed by atoms with Crippen molar-refractivity contribution in [2.24, 2.45) is 5.92 Å². The summed E-state index contributed by atoms with van der Waals surface area (Å²) in [5, 5.41) is 0. The summed E-state index contributed by atoms with van der Waals surface area (Å²) in [4.78, 5) is 0. The fourth-order valence-corrected chi connectivity index (χ4v) is 0.652. The Bertz CT molecular complexity index is 48.2. The van der Waals surface area contributed by atoms with Gasteiger partial charge in [0.1, 0.15) is 0 Å². The van der Waals surface area contributed by atoms with Gasteiger partial charge in [-0.25, -0.2) is 0 Å². The minimum absolute atomic E-state index is 0. The molecule has 0 radical (unpaired) electrons. The molecule has 1 aliphatic heterocycles. The molecule has 0 N–H and O–H groups in total.